The van der Waals surface area contributed by atoms with Gasteiger partial charge >= 0.3 is 5.97 Å². The molecule has 1 aromatic rings. The molecule has 5 heteroatoms. The highest BCUT2D eigenvalue weighted by Gasteiger charge is 2.60. The summed E-state index contributed by atoms with van der Waals surface area (Å²) in [6, 6.07) is 7.52. The average molecular weight is 274 g/mol. The zero-order valence-electron chi connectivity index (χ0n) is 11.6. The quantitative estimate of drug-likeness (QED) is 0.898. The summed E-state index contributed by atoms with van der Waals surface area (Å²) in [4.78, 5) is 27.1. The van der Waals surface area contributed by atoms with Gasteiger partial charge in [-0.1, -0.05) is 6.07 Å². The first-order valence-electron chi connectivity index (χ1n) is 6.78. The van der Waals surface area contributed by atoms with Gasteiger partial charge in [-0.25, -0.2) is 0 Å². The van der Waals surface area contributed by atoms with E-state index < -0.39 is 5.97 Å². The Balaban J connectivity index is 1.70. The van der Waals surface area contributed by atoms with E-state index in [4.69, 9.17) is 5.11 Å². The SMILES string of the molecule is CN(C)c1cccc(C(=O)N2C[C@@H]3C(C(=O)O)[C@@H]3C2)c1. The first-order valence-corrected chi connectivity index (χ1v) is 6.78. The summed E-state index contributed by atoms with van der Waals surface area (Å²) in [5.74, 6) is -0.624. The summed E-state index contributed by atoms with van der Waals surface area (Å²) in [7, 11) is 3.87. The molecule has 2 fully saturated rings. The van der Waals surface area contributed by atoms with Crippen LogP contribution in [0.25, 0.3) is 0 Å². The van der Waals surface area contributed by atoms with Crippen LogP contribution in [0.15, 0.2) is 24.3 Å². The Kier molecular flexibility index (Phi) is 2.92. The zero-order chi connectivity index (χ0) is 14.4. The second kappa shape index (κ2) is 4.51. The molecule has 1 heterocycles. The smallest absolute Gasteiger partial charge is 0.307 e. The number of fused-ring (bicyclic) bond motifs is 1. The van der Waals surface area contributed by atoms with Crippen LogP contribution < -0.4 is 4.90 Å². The van der Waals surface area contributed by atoms with Crippen LogP contribution in [0, 0.1) is 17.8 Å². The van der Waals surface area contributed by atoms with Crippen molar-refractivity contribution in [2.45, 2.75) is 0 Å². The summed E-state index contributed by atoms with van der Waals surface area (Å²) in [5, 5.41) is 8.99. The molecule has 3 rings (SSSR count). The highest BCUT2D eigenvalue weighted by atomic mass is 16.4. The number of benzene rings is 1. The molecule has 3 atom stereocenters. The summed E-state index contributed by atoms with van der Waals surface area (Å²) in [6.45, 7) is 1.15. The van der Waals surface area contributed by atoms with E-state index in [1.54, 1.807) is 4.90 Å². The van der Waals surface area contributed by atoms with E-state index in [9.17, 15) is 9.59 Å². The van der Waals surface area contributed by atoms with Crippen molar-refractivity contribution in [3.05, 3.63) is 29.8 Å². The molecule has 2 aliphatic rings. The van der Waals surface area contributed by atoms with Crippen molar-refractivity contribution in [3.63, 3.8) is 0 Å². The Labute approximate surface area is 117 Å². The van der Waals surface area contributed by atoms with Gasteiger partial charge in [0.2, 0.25) is 0 Å². The Morgan fingerprint density at radius 1 is 1.25 bits per heavy atom. The molecule has 1 aromatic carbocycles. The van der Waals surface area contributed by atoms with Gasteiger partial charge in [-0.2, -0.15) is 0 Å². The molecule has 1 aliphatic carbocycles. The van der Waals surface area contributed by atoms with Crippen molar-refractivity contribution in [3.8, 4) is 0 Å². The number of piperidine rings is 1. The van der Waals surface area contributed by atoms with Gasteiger partial charge in [0, 0.05) is 38.4 Å². The van der Waals surface area contributed by atoms with Gasteiger partial charge in [0.1, 0.15) is 0 Å². The number of amides is 1. The van der Waals surface area contributed by atoms with E-state index in [0.29, 0.717) is 18.7 Å². The lowest BCUT2D eigenvalue weighted by atomic mass is 10.1. The average Bonchev–Trinajstić information content (AvgIpc) is 2.94. The number of likely N-dealkylation sites (tertiary alicyclic amines) is 1. The van der Waals surface area contributed by atoms with Gasteiger partial charge in [-0.05, 0) is 30.0 Å². The fourth-order valence-corrected chi connectivity index (χ4v) is 3.16. The van der Waals surface area contributed by atoms with Crippen LogP contribution in [-0.4, -0.2) is 49.1 Å². The molecule has 0 spiro atoms. The maximum absolute atomic E-state index is 12.4. The van der Waals surface area contributed by atoms with Crippen LogP contribution in [0.5, 0.6) is 0 Å². The molecular formula is C15H18N2O3. The number of carboxylic acid groups (broad SMARTS) is 1. The number of nitrogens with zero attached hydrogens (tertiary/aromatic N) is 2. The van der Waals surface area contributed by atoms with Gasteiger partial charge in [0.25, 0.3) is 5.91 Å². The Hall–Kier alpha value is -2.04. The molecule has 0 bridgehead atoms. The van der Waals surface area contributed by atoms with Crippen LogP contribution in [0.3, 0.4) is 0 Å². The van der Waals surface area contributed by atoms with E-state index >= 15 is 0 Å². The normalized spacial score (nSPS) is 27.1. The topological polar surface area (TPSA) is 60.9 Å². The molecule has 0 radical (unpaired) electrons. The van der Waals surface area contributed by atoms with Crippen molar-refractivity contribution in [1.29, 1.82) is 0 Å². The van der Waals surface area contributed by atoms with Gasteiger partial charge in [0.15, 0.2) is 0 Å². The van der Waals surface area contributed by atoms with Crippen molar-refractivity contribution in [2.24, 2.45) is 17.8 Å². The highest BCUT2D eigenvalue weighted by Crippen LogP contribution is 2.51. The third-order valence-corrected chi connectivity index (χ3v) is 4.38. The van der Waals surface area contributed by atoms with Crippen molar-refractivity contribution in [1.82, 2.24) is 4.90 Å². The number of aliphatic carboxylic acids is 1. The van der Waals surface area contributed by atoms with Gasteiger partial charge < -0.3 is 14.9 Å². The molecule has 0 aromatic heterocycles. The van der Waals surface area contributed by atoms with Gasteiger partial charge in [0.05, 0.1) is 5.92 Å². The van der Waals surface area contributed by atoms with Gasteiger partial charge in [-0.3, -0.25) is 9.59 Å². The molecule has 1 N–H and O–H groups in total. The molecule has 1 unspecified atom stereocenters. The second-order valence-electron chi connectivity index (χ2n) is 5.85. The number of anilines is 1. The van der Waals surface area contributed by atoms with Crippen LogP contribution in [0.2, 0.25) is 0 Å². The summed E-state index contributed by atoms with van der Waals surface area (Å²) < 4.78 is 0. The number of carboxylic acids is 1. The fraction of sp³-hybridized carbons (Fsp3) is 0.467. The minimum Gasteiger partial charge on any atom is -0.481 e. The van der Waals surface area contributed by atoms with Crippen LogP contribution >= 0.6 is 0 Å². The van der Waals surface area contributed by atoms with Crippen LogP contribution in [-0.2, 0) is 4.79 Å². The predicted molar refractivity (Wildman–Crippen MR) is 74.8 cm³/mol. The molecule has 5 nitrogen and oxygen atoms in total. The molecule has 20 heavy (non-hydrogen) atoms. The maximum Gasteiger partial charge on any atom is 0.307 e. The zero-order valence-corrected chi connectivity index (χ0v) is 11.6. The van der Waals surface area contributed by atoms with Crippen molar-refractivity contribution in [2.75, 3.05) is 32.1 Å². The minimum atomic E-state index is -0.721. The highest BCUT2D eigenvalue weighted by molar-refractivity contribution is 5.95. The molecular weight excluding hydrogens is 256 g/mol. The van der Waals surface area contributed by atoms with Crippen molar-refractivity contribution >= 4 is 17.6 Å². The third kappa shape index (κ3) is 2.03. The Morgan fingerprint density at radius 2 is 1.90 bits per heavy atom. The first-order chi connectivity index (χ1) is 9.49. The summed E-state index contributed by atoms with van der Waals surface area (Å²) in [6.07, 6.45) is 0. The Morgan fingerprint density at radius 3 is 2.45 bits per heavy atom. The lowest BCUT2D eigenvalue weighted by Gasteiger charge is -2.20. The van der Waals surface area contributed by atoms with Crippen molar-refractivity contribution < 1.29 is 14.7 Å². The predicted octanol–water partition coefficient (Wildman–Crippen LogP) is 1.16. The Bertz CT molecular complexity index is 558. The molecule has 1 saturated heterocycles. The molecule has 106 valence electrons. The van der Waals surface area contributed by atoms with E-state index in [-0.39, 0.29) is 23.7 Å². The van der Waals surface area contributed by atoms with E-state index in [2.05, 4.69) is 0 Å². The number of hydrogen-bond acceptors (Lipinski definition) is 3. The summed E-state index contributed by atoms with van der Waals surface area (Å²) in [5.41, 5.74) is 1.66. The fourth-order valence-electron chi connectivity index (χ4n) is 3.16. The minimum absolute atomic E-state index is 0.00467. The lowest BCUT2D eigenvalue weighted by Crippen LogP contribution is -2.32. The maximum atomic E-state index is 12.4. The first kappa shape index (κ1) is 13.0. The largest absolute Gasteiger partial charge is 0.481 e. The third-order valence-electron chi connectivity index (χ3n) is 4.38. The standard InChI is InChI=1S/C15H18N2O3/c1-16(2)10-5-3-4-9(6-10)14(18)17-7-11-12(8-17)13(11)15(19)20/h3-6,11-13H,7-8H2,1-2H3,(H,19,20)/t11-,12+,13?. The number of hydrogen-bond donors (Lipinski definition) is 1. The monoisotopic (exact) mass is 274 g/mol. The number of carbonyl (C=O) groups is 2. The second-order valence-corrected chi connectivity index (χ2v) is 5.85. The van der Waals surface area contributed by atoms with Gasteiger partial charge in [-0.15, -0.1) is 0 Å². The number of rotatable bonds is 3. The van der Waals surface area contributed by atoms with E-state index in [0.717, 1.165) is 5.69 Å². The van der Waals surface area contributed by atoms with Crippen LogP contribution in [0.1, 0.15) is 10.4 Å². The molecule has 1 aliphatic heterocycles. The summed E-state index contributed by atoms with van der Waals surface area (Å²) >= 11 is 0. The molecule has 1 amide bonds. The molecule has 1 saturated carbocycles. The number of carbonyl (C=O) groups excluding carboxylic acids is 1. The van der Waals surface area contributed by atoms with E-state index in [1.807, 2.05) is 43.3 Å². The van der Waals surface area contributed by atoms with E-state index in [1.165, 1.54) is 0 Å². The van der Waals surface area contributed by atoms with Crippen LogP contribution in [0.4, 0.5) is 5.69 Å². The lowest BCUT2D eigenvalue weighted by molar-refractivity contribution is -0.139.